The minimum Gasteiger partial charge on any atom is -0.772 e. The maximum Gasteiger partial charge on any atom is 0.271 e. The highest BCUT2D eigenvalue weighted by Crippen LogP contribution is 2.06. The normalized spacial score (nSPS) is 15.6. The number of hydrogen-bond donors (Lipinski definition) is 0. The van der Waals surface area contributed by atoms with Crippen LogP contribution in [0.25, 0.3) is 5.53 Å². The molecule has 0 heterocycles. The van der Waals surface area contributed by atoms with Gasteiger partial charge in [-0.15, -0.1) is 0 Å². The van der Waals surface area contributed by atoms with E-state index in [1.165, 1.54) is 0 Å². The van der Waals surface area contributed by atoms with Gasteiger partial charge in [-0.1, -0.05) is 13.8 Å². The molecule has 0 aromatic carbocycles. The van der Waals surface area contributed by atoms with Crippen molar-refractivity contribution in [2.45, 2.75) is 25.5 Å². The van der Waals surface area contributed by atoms with Gasteiger partial charge in [0.25, 0.3) is 6.21 Å². The lowest BCUT2D eigenvalue weighted by atomic mass is 10.1. The van der Waals surface area contributed by atoms with Crippen LogP contribution < -0.4 is 0 Å². The van der Waals surface area contributed by atoms with E-state index in [1.54, 1.807) is 0 Å². The van der Waals surface area contributed by atoms with E-state index in [9.17, 15) is 8.76 Å². The summed E-state index contributed by atoms with van der Waals surface area (Å²) in [5.41, 5.74) is 8.09. The quantitative estimate of drug-likeness (QED) is 0.271. The first-order valence-electron chi connectivity index (χ1n) is 3.33. The van der Waals surface area contributed by atoms with Crippen molar-refractivity contribution in [3.63, 3.8) is 0 Å². The monoisotopic (exact) mass is 175 g/mol. The molecule has 0 radical (unpaired) electrons. The second-order valence-corrected chi connectivity index (χ2v) is 3.82. The van der Waals surface area contributed by atoms with E-state index in [4.69, 9.17) is 5.53 Å². The average molecular weight is 175 g/mol. The molecule has 0 fully saturated rings. The van der Waals surface area contributed by atoms with Gasteiger partial charge in [-0.25, -0.2) is 0 Å². The molecule has 0 aliphatic heterocycles. The highest BCUT2D eigenvalue weighted by molar-refractivity contribution is 7.80. The van der Waals surface area contributed by atoms with Crippen LogP contribution in [-0.2, 0) is 11.1 Å². The zero-order valence-electron chi connectivity index (χ0n) is 6.56. The summed E-state index contributed by atoms with van der Waals surface area (Å²) in [6.45, 7) is 3.82. The van der Waals surface area contributed by atoms with Gasteiger partial charge in [0.15, 0.2) is 0 Å². The first-order chi connectivity index (χ1) is 5.07. The maximum atomic E-state index is 10.4. The Hall–Kier alpha value is -0.510. The van der Waals surface area contributed by atoms with Gasteiger partial charge < -0.3 is 10.1 Å². The Labute approximate surface area is 68.5 Å². The van der Waals surface area contributed by atoms with Gasteiger partial charge >= 0.3 is 0 Å². The Morgan fingerprint density at radius 3 is 2.55 bits per heavy atom. The van der Waals surface area contributed by atoms with Crippen LogP contribution in [0.4, 0.5) is 0 Å². The van der Waals surface area contributed by atoms with Crippen molar-refractivity contribution in [2.75, 3.05) is 0 Å². The van der Waals surface area contributed by atoms with Crippen molar-refractivity contribution in [2.24, 2.45) is 5.92 Å². The third-order valence-electron chi connectivity index (χ3n) is 1.18. The standard InChI is InChI=1S/C6H12N2O2S/c1-5(2)3-6(4-8-7)11(9)10/h4-6H,3H2,1-2H3,(H,9,10)/p-1. The summed E-state index contributed by atoms with van der Waals surface area (Å²) in [5, 5.41) is -0.667. The number of nitrogens with zero attached hydrogens (tertiary/aromatic N) is 2. The van der Waals surface area contributed by atoms with Crippen LogP contribution in [0, 0.1) is 5.92 Å². The Bertz CT molecular complexity index is 185. The third-order valence-corrected chi connectivity index (χ3v) is 1.99. The summed E-state index contributed by atoms with van der Waals surface area (Å²) < 4.78 is 20.8. The van der Waals surface area contributed by atoms with Gasteiger partial charge in [-0.3, -0.25) is 4.21 Å². The molecule has 0 saturated heterocycles. The van der Waals surface area contributed by atoms with Gasteiger partial charge in [0.2, 0.25) is 0 Å². The average Bonchev–Trinajstić information content (AvgIpc) is 1.86. The van der Waals surface area contributed by atoms with Crippen molar-refractivity contribution in [1.82, 2.24) is 0 Å². The lowest BCUT2D eigenvalue weighted by Gasteiger charge is -2.12. The molecule has 0 aliphatic rings. The Kier molecular flexibility index (Phi) is 4.94. The fourth-order valence-electron chi connectivity index (χ4n) is 0.728. The van der Waals surface area contributed by atoms with E-state index in [0.717, 1.165) is 6.21 Å². The second kappa shape index (κ2) is 5.18. The molecule has 0 aromatic rings. The molecular weight excluding hydrogens is 164 g/mol. The highest BCUT2D eigenvalue weighted by Gasteiger charge is 2.12. The smallest absolute Gasteiger partial charge is 0.271 e. The molecule has 0 rings (SSSR count). The molecule has 64 valence electrons. The predicted octanol–water partition coefficient (Wildman–Crippen LogP) is 0.581. The topological polar surface area (TPSA) is 76.5 Å². The van der Waals surface area contributed by atoms with Crippen molar-refractivity contribution in [1.29, 1.82) is 0 Å². The number of hydrogen-bond acceptors (Lipinski definition) is 2. The molecule has 2 atom stereocenters. The summed E-state index contributed by atoms with van der Waals surface area (Å²) in [5.74, 6) is 0.274. The van der Waals surface area contributed by atoms with Crippen LogP contribution in [-0.4, -0.2) is 25.0 Å². The fourth-order valence-corrected chi connectivity index (χ4v) is 1.42. The van der Waals surface area contributed by atoms with Crippen LogP contribution >= 0.6 is 0 Å². The van der Waals surface area contributed by atoms with E-state index in [-0.39, 0.29) is 5.92 Å². The van der Waals surface area contributed by atoms with Crippen LogP contribution in [0.5, 0.6) is 0 Å². The SMILES string of the molecule is CC(C)CC(C=[N+]=[N-])S(=O)[O-]. The fraction of sp³-hybridized carbons (Fsp3) is 0.833. The molecule has 0 aromatic heterocycles. The van der Waals surface area contributed by atoms with E-state index in [0.29, 0.717) is 6.42 Å². The summed E-state index contributed by atoms with van der Waals surface area (Å²) in [6, 6.07) is 0. The van der Waals surface area contributed by atoms with Gasteiger partial charge in [0.1, 0.15) is 5.25 Å². The molecule has 0 bridgehead atoms. The summed E-state index contributed by atoms with van der Waals surface area (Å²) in [6.07, 6.45) is 1.52. The van der Waals surface area contributed by atoms with Gasteiger partial charge in [-0.2, -0.15) is 4.79 Å². The minimum absolute atomic E-state index is 0.274. The van der Waals surface area contributed by atoms with Crippen molar-refractivity contribution in [3.05, 3.63) is 5.53 Å². The van der Waals surface area contributed by atoms with Crippen LogP contribution in [0.2, 0.25) is 0 Å². The van der Waals surface area contributed by atoms with Gasteiger partial charge in [0, 0.05) is 0 Å². The molecule has 0 aliphatic carbocycles. The van der Waals surface area contributed by atoms with E-state index >= 15 is 0 Å². The molecule has 11 heavy (non-hydrogen) atoms. The van der Waals surface area contributed by atoms with Crippen molar-refractivity contribution >= 4 is 17.3 Å². The maximum absolute atomic E-state index is 10.4. The van der Waals surface area contributed by atoms with Crippen molar-refractivity contribution < 1.29 is 13.6 Å². The predicted molar refractivity (Wildman–Crippen MR) is 41.8 cm³/mol. The number of rotatable bonds is 4. The summed E-state index contributed by atoms with van der Waals surface area (Å²) in [7, 11) is 0. The molecule has 0 spiro atoms. The Morgan fingerprint density at radius 2 is 2.27 bits per heavy atom. The molecule has 5 heteroatoms. The lowest BCUT2D eigenvalue weighted by molar-refractivity contribution is 0.000823. The first-order valence-corrected chi connectivity index (χ1v) is 4.47. The second-order valence-electron chi connectivity index (χ2n) is 2.69. The molecule has 0 N–H and O–H groups in total. The van der Waals surface area contributed by atoms with Gasteiger partial charge in [0.05, 0.1) is 0 Å². The van der Waals surface area contributed by atoms with Crippen LogP contribution in [0.3, 0.4) is 0 Å². The van der Waals surface area contributed by atoms with E-state index in [2.05, 4.69) is 4.79 Å². The lowest BCUT2D eigenvalue weighted by Crippen LogP contribution is -2.19. The molecule has 0 saturated carbocycles. The molecule has 4 nitrogen and oxygen atoms in total. The molecular formula is C6H11N2O2S-. The largest absolute Gasteiger partial charge is 0.772 e. The van der Waals surface area contributed by atoms with Crippen LogP contribution in [0.15, 0.2) is 0 Å². The Morgan fingerprint density at radius 1 is 1.73 bits per heavy atom. The third kappa shape index (κ3) is 4.84. The zero-order valence-corrected chi connectivity index (χ0v) is 7.37. The van der Waals surface area contributed by atoms with Gasteiger partial charge in [-0.05, 0) is 23.4 Å². The van der Waals surface area contributed by atoms with Crippen LogP contribution in [0.1, 0.15) is 20.3 Å². The summed E-state index contributed by atoms with van der Waals surface area (Å²) in [4.78, 5) is 2.69. The minimum atomic E-state index is -2.18. The van der Waals surface area contributed by atoms with E-state index < -0.39 is 16.3 Å². The highest BCUT2D eigenvalue weighted by atomic mass is 32.2. The summed E-state index contributed by atoms with van der Waals surface area (Å²) >= 11 is -2.18. The first kappa shape index (κ1) is 10.5. The zero-order chi connectivity index (χ0) is 8.85. The molecule has 0 amide bonds. The molecule has 2 unspecified atom stereocenters. The van der Waals surface area contributed by atoms with E-state index in [1.807, 2.05) is 13.8 Å². The van der Waals surface area contributed by atoms with Crippen molar-refractivity contribution in [3.8, 4) is 0 Å². The Balaban J connectivity index is 4.11.